The zero-order valence-corrected chi connectivity index (χ0v) is 50.8. The van der Waals surface area contributed by atoms with Crippen LogP contribution in [0.3, 0.4) is 0 Å². The molecule has 4 aliphatic heterocycles. The number of hydrogen-bond donors (Lipinski definition) is 5. The highest BCUT2D eigenvalue weighted by molar-refractivity contribution is 6.07. The number of carbonyl (C=O) groups is 3. The maximum Gasteiger partial charge on any atom is 0.275 e. The second-order valence-corrected chi connectivity index (χ2v) is 24.1. The van der Waals surface area contributed by atoms with Crippen LogP contribution in [0.4, 0.5) is 23.0 Å². The molecule has 3 amide bonds. The van der Waals surface area contributed by atoms with E-state index in [0.717, 1.165) is 88.2 Å². The zero-order chi connectivity index (χ0) is 60.3. The SMILES string of the molecule is C[N+]1=C(C=CC=CC=C2N(CCCCCC(=O)NCCOc3cc(C(=O)Nc4cc(OCCC5CCCN5)c5ccccc5n4)nc(C(=O)Nc4cc(OCCC5CCCN5)c5ccccc5n4)c3)c3ccccc3C2(C)C)C(C)(C)c2ccccc21. The average Bonchev–Trinajstić information content (AvgIpc) is 1.90. The zero-order valence-electron chi connectivity index (χ0n) is 50.8. The number of rotatable bonds is 25. The lowest BCUT2D eigenvalue weighted by atomic mass is 9.81. The van der Waals surface area contributed by atoms with E-state index in [0.29, 0.717) is 54.3 Å². The van der Waals surface area contributed by atoms with Gasteiger partial charge in [0.25, 0.3) is 11.8 Å². The van der Waals surface area contributed by atoms with Crippen molar-refractivity contribution in [3.05, 3.63) is 180 Å². The highest BCUT2D eigenvalue weighted by Crippen LogP contribution is 2.48. The molecule has 0 aliphatic carbocycles. The van der Waals surface area contributed by atoms with E-state index in [1.807, 2.05) is 48.5 Å². The Hall–Kier alpha value is -8.73. The Morgan fingerprint density at radius 2 is 1.23 bits per heavy atom. The van der Waals surface area contributed by atoms with E-state index in [-0.39, 0.29) is 58.7 Å². The van der Waals surface area contributed by atoms with E-state index in [1.165, 1.54) is 46.0 Å². The molecule has 16 heteroatoms. The van der Waals surface area contributed by atoms with E-state index >= 15 is 0 Å². The lowest BCUT2D eigenvalue weighted by Crippen LogP contribution is -2.28. The monoisotopic (exact) mass is 1170 g/mol. The highest BCUT2D eigenvalue weighted by atomic mass is 16.5. The van der Waals surface area contributed by atoms with E-state index in [4.69, 9.17) is 24.2 Å². The van der Waals surface area contributed by atoms with Crippen LogP contribution in [0, 0.1) is 0 Å². The first kappa shape index (κ1) is 60.0. The Balaban J connectivity index is 0.722. The van der Waals surface area contributed by atoms with Crippen LogP contribution >= 0.6 is 0 Å². The van der Waals surface area contributed by atoms with E-state index in [2.05, 4.69) is 155 Å². The number of nitrogens with one attached hydrogen (secondary N) is 5. The van der Waals surface area contributed by atoms with Crippen molar-refractivity contribution in [2.24, 2.45) is 0 Å². The molecule has 3 aromatic heterocycles. The van der Waals surface area contributed by atoms with Gasteiger partial charge in [-0.25, -0.2) is 15.0 Å². The predicted octanol–water partition coefficient (Wildman–Crippen LogP) is 12.3. The number of ether oxygens (including phenoxy) is 3. The Labute approximate surface area is 510 Å². The Morgan fingerprint density at radius 3 is 1.84 bits per heavy atom. The van der Waals surface area contributed by atoms with Gasteiger partial charge in [-0.05, 0) is 120 Å². The second-order valence-electron chi connectivity index (χ2n) is 24.1. The summed E-state index contributed by atoms with van der Waals surface area (Å²) >= 11 is 0. The molecule has 87 heavy (non-hydrogen) atoms. The molecule has 7 aromatic rings. The molecule has 0 bridgehead atoms. The van der Waals surface area contributed by atoms with Crippen molar-refractivity contribution in [2.75, 3.05) is 68.6 Å². The molecule has 2 saturated heterocycles. The van der Waals surface area contributed by atoms with Gasteiger partial charge >= 0.3 is 0 Å². The molecule has 7 heterocycles. The summed E-state index contributed by atoms with van der Waals surface area (Å²) in [6, 6.07) is 39.7. The summed E-state index contributed by atoms with van der Waals surface area (Å²) in [7, 11) is 2.14. The molecule has 11 rings (SSSR count). The summed E-state index contributed by atoms with van der Waals surface area (Å²) in [6.45, 7) is 13.2. The summed E-state index contributed by atoms with van der Waals surface area (Å²) in [5, 5.41) is 17.5. The molecule has 450 valence electrons. The molecule has 0 spiro atoms. The number of unbranched alkanes of at least 4 members (excludes halogenated alkanes) is 2. The number of hydrogen-bond acceptors (Lipinski definition) is 12. The second kappa shape index (κ2) is 27.3. The summed E-state index contributed by atoms with van der Waals surface area (Å²) < 4.78 is 21.1. The van der Waals surface area contributed by atoms with Gasteiger partial charge in [0.2, 0.25) is 11.6 Å². The number of aromatic nitrogens is 3. The average molecular weight is 1170 g/mol. The first-order valence-electron chi connectivity index (χ1n) is 31.0. The lowest BCUT2D eigenvalue weighted by Gasteiger charge is -2.27. The molecule has 4 aliphatic rings. The summed E-state index contributed by atoms with van der Waals surface area (Å²) in [5.74, 6) is 0.599. The predicted molar refractivity (Wildman–Crippen MR) is 346 cm³/mol. The number of fused-ring (bicyclic) bond motifs is 4. The number of pyridine rings is 3. The first-order chi connectivity index (χ1) is 42.3. The van der Waals surface area contributed by atoms with Crippen LogP contribution in [0.2, 0.25) is 0 Å². The fraction of sp³-hybridized carbons (Fsp3) is 0.366. The normalized spacial score (nSPS) is 18.0. The van der Waals surface area contributed by atoms with Crippen LogP contribution in [0.25, 0.3) is 21.8 Å². The van der Waals surface area contributed by atoms with Crippen LogP contribution in [-0.2, 0) is 15.6 Å². The van der Waals surface area contributed by atoms with Crippen molar-refractivity contribution < 1.29 is 33.2 Å². The van der Waals surface area contributed by atoms with Gasteiger partial charge in [0.05, 0.1) is 36.2 Å². The number of carbonyl (C=O) groups excluding carboxylic acids is 3. The standard InChI is InChI=1S/C71H80N10O6/c1-70(2)53-26-13-17-30-59(53)80(5)63(70)32-8-6-9-33-64-71(3,4)54-27-14-18-31-60(54)81(64)40-19-7-10-34-67(82)74-39-43-85-50-44-57(68(83)78-65-46-61(51-24-11-15-28-55(51)76-65)86-41-35-48-22-20-37-72-48)75-58(45-50)69(84)79-66-47-62(52-25-12-16-29-56(52)77-66)87-42-36-49-23-21-38-73-49/h6,8-9,11-18,24-33,44-49,72-73H,7,10,19-23,34-43H2,1-5H3,(H2-,74,76,77,78,79,82,83,84)/p+1. The topological polar surface area (TPSA) is 184 Å². The van der Waals surface area contributed by atoms with Crippen molar-refractivity contribution in [3.8, 4) is 17.2 Å². The van der Waals surface area contributed by atoms with Crippen molar-refractivity contribution in [1.29, 1.82) is 0 Å². The molecule has 16 nitrogen and oxygen atoms in total. The minimum Gasteiger partial charge on any atom is -0.493 e. The number of para-hydroxylation sites is 4. The van der Waals surface area contributed by atoms with Crippen molar-refractivity contribution in [2.45, 2.75) is 115 Å². The van der Waals surface area contributed by atoms with Gasteiger partial charge in [0.1, 0.15) is 53.9 Å². The fourth-order valence-electron chi connectivity index (χ4n) is 12.7. The number of allylic oxidation sites excluding steroid dienone is 6. The van der Waals surface area contributed by atoms with Gasteiger partial charge in [-0.1, -0.05) is 99.2 Å². The lowest BCUT2D eigenvalue weighted by molar-refractivity contribution is -0.401. The van der Waals surface area contributed by atoms with Gasteiger partial charge in [-0.3, -0.25) is 14.4 Å². The van der Waals surface area contributed by atoms with Gasteiger partial charge in [0.15, 0.2) is 5.71 Å². The molecule has 4 aromatic carbocycles. The molecule has 2 fully saturated rings. The molecule has 2 unspecified atom stereocenters. The molecule has 0 radical (unpaired) electrons. The minimum absolute atomic E-state index is 0.0662. The van der Waals surface area contributed by atoms with Gasteiger partial charge < -0.3 is 45.7 Å². The van der Waals surface area contributed by atoms with Crippen LogP contribution in [0.1, 0.15) is 124 Å². The van der Waals surface area contributed by atoms with Crippen LogP contribution in [-0.4, -0.2) is 108 Å². The van der Waals surface area contributed by atoms with Crippen LogP contribution in [0.15, 0.2) is 157 Å². The van der Waals surface area contributed by atoms with E-state index < -0.39 is 11.8 Å². The van der Waals surface area contributed by atoms with Gasteiger partial charge in [0, 0.05) is 94.6 Å². The van der Waals surface area contributed by atoms with E-state index in [1.54, 1.807) is 12.1 Å². The smallest absolute Gasteiger partial charge is 0.275 e. The van der Waals surface area contributed by atoms with Gasteiger partial charge in [-0.2, -0.15) is 4.58 Å². The maximum atomic E-state index is 14.3. The van der Waals surface area contributed by atoms with E-state index in [9.17, 15) is 14.4 Å². The summed E-state index contributed by atoms with van der Waals surface area (Å²) in [6.07, 6.45) is 20.0. The molecule has 0 saturated carbocycles. The quantitative estimate of drug-likeness (QED) is 0.0208. The molecular weight excluding hydrogens is 1090 g/mol. The van der Waals surface area contributed by atoms with Crippen molar-refractivity contribution in [3.63, 3.8) is 0 Å². The number of nitrogens with zero attached hydrogens (tertiary/aromatic N) is 5. The number of anilines is 3. The largest absolute Gasteiger partial charge is 0.493 e. The van der Waals surface area contributed by atoms with Crippen LogP contribution < -0.4 is 45.7 Å². The molecular formula is C71H81N10O6+. The first-order valence-corrected chi connectivity index (χ1v) is 31.0. The third-order valence-electron chi connectivity index (χ3n) is 17.3. The molecule has 2 atom stereocenters. The maximum absolute atomic E-state index is 14.3. The minimum atomic E-state index is -0.615. The molecule has 5 N–H and O–H groups in total. The Kier molecular flexibility index (Phi) is 18.8. The number of amides is 3. The van der Waals surface area contributed by atoms with Crippen molar-refractivity contribution >= 4 is 68.2 Å². The summed E-state index contributed by atoms with van der Waals surface area (Å²) in [4.78, 5) is 58.3. The third-order valence-corrected chi connectivity index (χ3v) is 17.3. The fourth-order valence-corrected chi connectivity index (χ4v) is 12.7. The van der Waals surface area contributed by atoms with Crippen LogP contribution in [0.5, 0.6) is 17.2 Å². The van der Waals surface area contributed by atoms with Gasteiger partial charge in [-0.15, -0.1) is 0 Å². The Bertz CT molecular complexity index is 3640. The van der Waals surface area contributed by atoms with Crippen molar-refractivity contribution in [1.82, 2.24) is 30.9 Å². The Morgan fingerprint density at radius 1 is 0.644 bits per heavy atom. The highest BCUT2D eigenvalue weighted by Gasteiger charge is 2.43. The summed E-state index contributed by atoms with van der Waals surface area (Å²) in [5.41, 5.74) is 8.47. The third kappa shape index (κ3) is 14.1. The number of benzene rings is 4.